The quantitative estimate of drug-likeness (QED) is 0.752. The average Bonchev–Trinajstić information content (AvgIpc) is 2.55. The van der Waals surface area contributed by atoms with Gasteiger partial charge in [0, 0.05) is 6.42 Å². The number of hydrogen-bond acceptors (Lipinski definition) is 3. The second-order valence-electron chi connectivity index (χ2n) is 4.93. The number of rotatable bonds is 6. The van der Waals surface area contributed by atoms with Crippen molar-refractivity contribution in [2.45, 2.75) is 12.5 Å². The molecule has 0 unspecified atom stereocenters. The number of carboxylic acids is 1. The van der Waals surface area contributed by atoms with Crippen LogP contribution in [0.4, 0.5) is 0 Å². The number of carbonyl (C=O) groups is 2. The lowest BCUT2D eigenvalue weighted by atomic mass is 10.0. The molecule has 0 saturated heterocycles. The van der Waals surface area contributed by atoms with Gasteiger partial charge in [-0.15, -0.1) is 0 Å². The summed E-state index contributed by atoms with van der Waals surface area (Å²) in [6, 6.07) is 16.5. The Kier molecular flexibility index (Phi) is 5.27. The molecule has 0 spiro atoms. The van der Waals surface area contributed by atoms with Crippen molar-refractivity contribution in [1.29, 1.82) is 0 Å². The van der Waals surface area contributed by atoms with Gasteiger partial charge in [-0.3, -0.25) is 4.79 Å². The van der Waals surface area contributed by atoms with Gasteiger partial charge in [-0.1, -0.05) is 54.6 Å². The summed E-state index contributed by atoms with van der Waals surface area (Å²) in [7, 11) is 0. The van der Waals surface area contributed by atoms with Gasteiger partial charge < -0.3 is 16.2 Å². The summed E-state index contributed by atoms with van der Waals surface area (Å²) >= 11 is 0. The van der Waals surface area contributed by atoms with Crippen LogP contribution in [0.2, 0.25) is 0 Å². The summed E-state index contributed by atoms with van der Waals surface area (Å²) in [6.07, 6.45) is 0.218. The Balaban J connectivity index is 2.09. The molecule has 2 aromatic carbocycles. The predicted octanol–water partition coefficient (Wildman–Crippen LogP) is 1.42. The van der Waals surface area contributed by atoms with Crippen LogP contribution < -0.4 is 11.1 Å². The zero-order chi connectivity index (χ0) is 15.9. The highest BCUT2D eigenvalue weighted by Gasteiger charge is 2.19. The minimum Gasteiger partial charge on any atom is -0.480 e. The molecule has 22 heavy (non-hydrogen) atoms. The standard InChI is InChI=1S/C17H18N2O3/c18-11-16(20)19-15(17(21)22)10-12-6-8-14(9-7-12)13-4-2-1-3-5-13/h1-9,15H,10-11,18H2,(H,19,20)(H,21,22)/t15-/m0/s1. The number of nitrogens with one attached hydrogen (secondary N) is 1. The molecule has 0 radical (unpaired) electrons. The van der Waals surface area contributed by atoms with Gasteiger partial charge in [-0.2, -0.15) is 0 Å². The summed E-state index contributed by atoms with van der Waals surface area (Å²) in [5.41, 5.74) is 8.19. The molecule has 0 aliphatic carbocycles. The number of carbonyl (C=O) groups excluding carboxylic acids is 1. The smallest absolute Gasteiger partial charge is 0.326 e. The minimum absolute atomic E-state index is 0.218. The second-order valence-corrected chi connectivity index (χ2v) is 4.93. The number of hydrogen-bond donors (Lipinski definition) is 3. The fourth-order valence-corrected chi connectivity index (χ4v) is 2.15. The van der Waals surface area contributed by atoms with Gasteiger partial charge in [0.15, 0.2) is 0 Å². The van der Waals surface area contributed by atoms with Crippen LogP contribution in [0.25, 0.3) is 11.1 Å². The Bertz CT molecular complexity index is 639. The van der Waals surface area contributed by atoms with Crippen LogP contribution in [0.5, 0.6) is 0 Å². The van der Waals surface area contributed by atoms with Crippen LogP contribution in [0.3, 0.4) is 0 Å². The number of aliphatic carboxylic acids is 1. The fourth-order valence-electron chi connectivity index (χ4n) is 2.15. The molecular weight excluding hydrogens is 280 g/mol. The lowest BCUT2D eigenvalue weighted by Crippen LogP contribution is -2.44. The van der Waals surface area contributed by atoms with E-state index in [0.717, 1.165) is 16.7 Å². The van der Waals surface area contributed by atoms with E-state index in [1.807, 2.05) is 54.6 Å². The molecule has 0 aliphatic rings. The van der Waals surface area contributed by atoms with E-state index in [1.54, 1.807) is 0 Å². The number of amides is 1. The summed E-state index contributed by atoms with van der Waals surface area (Å²) in [5.74, 6) is -1.55. The third-order valence-electron chi connectivity index (χ3n) is 3.32. The molecule has 5 heteroatoms. The van der Waals surface area contributed by atoms with Crippen LogP contribution in [0, 0.1) is 0 Å². The van der Waals surface area contributed by atoms with Gasteiger partial charge >= 0.3 is 5.97 Å². The van der Waals surface area contributed by atoms with Crippen molar-refractivity contribution in [3.63, 3.8) is 0 Å². The van der Waals surface area contributed by atoms with E-state index in [4.69, 9.17) is 10.8 Å². The average molecular weight is 298 g/mol. The zero-order valence-corrected chi connectivity index (χ0v) is 12.0. The molecule has 0 heterocycles. The molecule has 2 aromatic rings. The maximum Gasteiger partial charge on any atom is 0.326 e. The highest BCUT2D eigenvalue weighted by Crippen LogP contribution is 2.19. The first-order chi connectivity index (χ1) is 10.6. The lowest BCUT2D eigenvalue weighted by molar-refractivity contribution is -0.141. The van der Waals surface area contributed by atoms with Crippen LogP contribution >= 0.6 is 0 Å². The highest BCUT2D eigenvalue weighted by atomic mass is 16.4. The Hall–Kier alpha value is -2.66. The molecule has 5 nitrogen and oxygen atoms in total. The summed E-state index contributed by atoms with van der Waals surface area (Å²) in [4.78, 5) is 22.4. The van der Waals surface area contributed by atoms with E-state index in [9.17, 15) is 9.59 Å². The van der Waals surface area contributed by atoms with Crippen molar-refractivity contribution in [3.8, 4) is 11.1 Å². The van der Waals surface area contributed by atoms with Crippen LogP contribution in [-0.4, -0.2) is 29.6 Å². The molecule has 1 atom stereocenters. The lowest BCUT2D eigenvalue weighted by Gasteiger charge is -2.14. The molecule has 1 amide bonds. The predicted molar refractivity (Wildman–Crippen MR) is 84.2 cm³/mol. The van der Waals surface area contributed by atoms with E-state index in [2.05, 4.69) is 5.32 Å². The molecule has 0 bridgehead atoms. The SMILES string of the molecule is NCC(=O)N[C@@H](Cc1ccc(-c2ccccc2)cc1)C(=O)O. The fraction of sp³-hybridized carbons (Fsp3) is 0.176. The zero-order valence-electron chi connectivity index (χ0n) is 12.0. The topological polar surface area (TPSA) is 92.4 Å². The first-order valence-electron chi connectivity index (χ1n) is 6.96. The van der Waals surface area contributed by atoms with Crippen molar-refractivity contribution < 1.29 is 14.7 Å². The number of nitrogens with two attached hydrogens (primary N) is 1. The highest BCUT2D eigenvalue weighted by molar-refractivity contribution is 5.84. The van der Waals surface area contributed by atoms with Gasteiger partial charge in [0.2, 0.25) is 5.91 Å². The maximum absolute atomic E-state index is 11.3. The van der Waals surface area contributed by atoms with E-state index in [-0.39, 0.29) is 13.0 Å². The Labute approximate surface area is 128 Å². The summed E-state index contributed by atoms with van der Waals surface area (Å²) in [5, 5.41) is 11.6. The Morgan fingerprint density at radius 3 is 2.14 bits per heavy atom. The van der Waals surface area contributed by atoms with Crippen molar-refractivity contribution in [2.24, 2.45) is 5.73 Å². The molecule has 0 saturated carbocycles. The van der Waals surface area contributed by atoms with E-state index in [1.165, 1.54) is 0 Å². The third kappa shape index (κ3) is 4.17. The molecular formula is C17H18N2O3. The van der Waals surface area contributed by atoms with Gasteiger partial charge in [0.05, 0.1) is 6.54 Å². The first-order valence-corrected chi connectivity index (χ1v) is 6.96. The van der Waals surface area contributed by atoms with E-state index < -0.39 is 17.9 Å². The largest absolute Gasteiger partial charge is 0.480 e. The molecule has 0 fully saturated rings. The van der Waals surface area contributed by atoms with Gasteiger partial charge in [0.25, 0.3) is 0 Å². The first kappa shape index (κ1) is 15.7. The van der Waals surface area contributed by atoms with Gasteiger partial charge in [-0.25, -0.2) is 4.79 Å². The van der Waals surface area contributed by atoms with Crippen LogP contribution in [0.1, 0.15) is 5.56 Å². The molecule has 0 aliphatic heterocycles. The van der Waals surface area contributed by atoms with Crippen molar-refractivity contribution in [1.82, 2.24) is 5.32 Å². The summed E-state index contributed by atoms with van der Waals surface area (Å²) in [6.45, 7) is -0.225. The van der Waals surface area contributed by atoms with Crippen molar-refractivity contribution in [2.75, 3.05) is 6.54 Å². The monoisotopic (exact) mass is 298 g/mol. The summed E-state index contributed by atoms with van der Waals surface area (Å²) < 4.78 is 0. The molecule has 0 aromatic heterocycles. The van der Waals surface area contributed by atoms with E-state index >= 15 is 0 Å². The van der Waals surface area contributed by atoms with Gasteiger partial charge in [0.1, 0.15) is 6.04 Å². The molecule has 4 N–H and O–H groups in total. The van der Waals surface area contributed by atoms with Crippen molar-refractivity contribution in [3.05, 3.63) is 60.2 Å². The Morgan fingerprint density at radius 2 is 1.59 bits per heavy atom. The molecule has 2 rings (SSSR count). The van der Waals surface area contributed by atoms with Gasteiger partial charge in [-0.05, 0) is 16.7 Å². The maximum atomic E-state index is 11.3. The van der Waals surface area contributed by atoms with Crippen molar-refractivity contribution >= 4 is 11.9 Å². The third-order valence-corrected chi connectivity index (χ3v) is 3.32. The minimum atomic E-state index is -1.08. The van der Waals surface area contributed by atoms with Crippen LogP contribution in [0.15, 0.2) is 54.6 Å². The number of carboxylic acid groups (broad SMARTS) is 1. The van der Waals surface area contributed by atoms with Crippen LogP contribution in [-0.2, 0) is 16.0 Å². The Morgan fingerprint density at radius 1 is 1.00 bits per heavy atom. The molecule has 114 valence electrons. The second kappa shape index (κ2) is 7.38. The number of benzene rings is 2. The van der Waals surface area contributed by atoms with E-state index in [0.29, 0.717) is 0 Å². The normalized spacial score (nSPS) is 11.7.